The first kappa shape index (κ1) is 20.3. The highest BCUT2D eigenvalue weighted by atomic mass is 32.2. The summed E-state index contributed by atoms with van der Waals surface area (Å²) in [7, 11) is -4.60. The Balaban J connectivity index is 2.18. The minimum atomic E-state index is -4.72. The van der Waals surface area contributed by atoms with Crippen LogP contribution >= 0.6 is 0 Å². The average molecular weight is 426 g/mol. The number of nitro benzene ring substituents is 1. The molecule has 8 nitrogen and oxygen atoms in total. The lowest BCUT2D eigenvalue weighted by molar-refractivity contribution is -0.387. The summed E-state index contributed by atoms with van der Waals surface area (Å²) >= 11 is 0. The molecule has 1 heterocycles. The van der Waals surface area contributed by atoms with Gasteiger partial charge in [-0.2, -0.15) is 18.3 Å². The van der Waals surface area contributed by atoms with Crippen LogP contribution in [0.15, 0.2) is 59.8 Å². The molecule has 0 aliphatic carbocycles. The third-order valence-electron chi connectivity index (χ3n) is 3.98. The summed E-state index contributed by atoms with van der Waals surface area (Å²) in [5, 5.41) is 15.2. The number of rotatable bonds is 5. The number of benzene rings is 2. The van der Waals surface area contributed by atoms with E-state index < -0.39 is 43.0 Å². The highest BCUT2D eigenvalue weighted by Gasteiger charge is 2.33. The van der Waals surface area contributed by atoms with Crippen LogP contribution in [-0.2, 0) is 16.2 Å². The zero-order valence-corrected chi connectivity index (χ0v) is 15.5. The fourth-order valence-corrected chi connectivity index (χ4v) is 4.20. The maximum absolute atomic E-state index is 13.1. The first-order valence-electron chi connectivity index (χ1n) is 7.99. The van der Waals surface area contributed by atoms with Crippen LogP contribution in [0.25, 0.3) is 5.69 Å². The van der Waals surface area contributed by atoms with Gasteiger partial charge in [-0.1, -0.05) is 12.1 Å². The number of nitro groups is 1. The molecule has 29 heavy (non-hydrogen) atoms. The number of hydrogen-bond donors (Lipinski definition) is 1. The molecular formula is C17H13F3N4O4S. The van der Waals surface area contributed by atoms with Gasteiger partial charge in [0.1, 0.15) is 0 Å². The van der Waals surface area contributed by atoms with Crippen LogP contribution in [0.3, 0.4) is 0 Å². The van der Waals surface area contributed by atoms with Crippen molar-refractivity contribution in [3.63, 3.8) is 0 Å². The van der Waals surface area contributed by atoms with Gasteiger partial charge in [-0.05, 0) is 36.8 Å². The number of anilines is 1. The molecule has 0 radical (unpaired) electrons. The standard InChI is InChI=1S/C17H13F3N4O4S/c1-11-4-2-5-15(24(25)26)16(11)29(27,28)22-13-10-12(17(18,19)20)6-7-14(13)23-9-3-8-21-23/h2-10,22H,1H3. The maximum Gasteiger partial charge on any atom is 0.416 e. The SMILES string of the molecule is Cc1cccc([N+](=O)[O-])c1S(=O)(=O)Nc1cc(C(F)(F)F)ccc1-n1cccn1. The smallest absolute Gasteiger partial charge is 0.277 e. The number of aryl methyl sites for hydroxylation is 1. The fraction of sp³-hybridized carbons (Fsp3) is 0.118. The van der Waals surface area contributed by atoms with E-state index >= 15 is 0 Å². The van der Waals surface area contributed by atoms with Crippen LogP contribution in [0.5, 0.6) is 0 Å². The van der Waals surface area contributed by atoms with Crippen molar-refractivity contribution in [3.05, 3.63) is 76.1 Å². The van der Waals surface area contributed by atoms with E-state index in [4.69, 9.17) is 0 Å². The lowest BCUT2D eigenvalue weighted by Gasteiger charge is -2.16. The molecule has 12 heteroatoms. The summed E-state index contributed by atoms with van der Waals surface area (Å²) in [6.45, 7) is 1.35. The first-order valence-corrected chi connectivity index (χ1v) is 9.47. The summed E-state index contributed by atoms with van der Waals surface area (Å²) in [6, 6.07) is 7.61. The zero-order valence-electron chi connectivity index (χ0n) is 14.7. The number of nitrogens with zero attached hydrogens (tertiary/aromatic N) is 3. The van der Waals surface area contributed by atoms with E-state index in [0.29, 0.717) is 6.07 Å². The monoisotopic (exact) mass is 426 g/mol. The number of halogens is 3. The predicted molar refractivity (Wildman–Crippen MR) is 97.2 cm³/mol. The summed E-state index contributed by atoms with van der Waals surface area (Å²) in [5.74, 6) is 0. The van der Waals surface area contributed by atoms with Gasteiger partial charge in [0.2, 0.25) is 0 Å². The molecule has 0 fully saturated rings. The van der Waals surface area contributed by atoms with Gasteiger partial charge in [-0.15, -0.1) is 0 Å². The second kappa shape index (κ2) is 7.20. The first-order chi connectivity index (χ1) is 13.5. The largest absolute Gasteiger partial charge is 0.416 e. The number of alkyl halides is 3. The summed E-state index contributed by atoms with van der Waals surface area (Å²) in [5.41, 5.74) is -2.13. The van der Waals surface area contributed by atoms with Crippen molar-refractivity contribution in [3.8, 4) is 5.69 Å². The maximum atomic E-state index is 13.1. The molecule has 1 N–H and O–H groups in total. The van der Waals surface area contributed by atoms with Gasteiger partial charge >= 0.3 is 6.18 Å². The predicted octanol–water partition coefficient (Wildman–Crippen LogP) is 3.91. The summed E-state index contributed by atoms with van der Waals surface area (Å²) in [4.78, 5) is 9.76. The van der Waals surface area contributed by atoms with Crippen molar-refractivity contribution in [2.24, 2.45) is 0 Å². The zero-order chi connectivity index (χ0) is 21.4. The van der Waals surface area contributed by atoms with Gasteiger partial charge in [0, 0.05) is 18.5 Å². The quantitative estimate of drug-likeness (QED) is 0.492. The van der Waals surface area contributed by atoms with E-state index in [1.807, 2.05) is 4.72 Å². The molecule has 0 atom stereocenters. The lowest BCUT2D eigenvalue weighted by atomic mass is 10.1. The van der Waals surface area contributed by atoms with Gasteiger partial charge < -0.3 is 0 Å². The van der Waals surface area contributed by atoms with Crippen LogP contribution < -0.4 is 4.72 Å². The van der Waals surface area contributed by atoms with Gasteiger partial charge in [-0.25, -0.2) is 13.1 Å². The van der Waals surface area contributed by atoms with Crippen LogP contribution in [0.4, 0.5) is 24.5 Å². The molecule has 0 saturated carbocycles. The highest BCUT2D eigenvalue weighted by Crippen LogP contribution is 2.35. The van der Waals surface area contributed by atoms with E-state index in [2.05, 4.69) is 5.10 Å². The number of hydrogen-bond acceptors (Lipinski definition) is 5. The van der Waals surface area contributed by atoms with Crippen molar-refractivity contribution in [1.82, 2.24) is 9.78 Å². The molecule has 2 aromatic carbocycles. The normalized spacial score (nSPS) is 12.0. The molecule has 0 spiro atoms. The number of sulfonamides is 1. The Labute approximate surface area is 162 Å². The minimum Gasteiger partial charge on any atom is -0.277 e. The Kier molecular flexibility index (Phi) is 5.05. The second-order valence-corrected chi connectivity index (χ2v) is 7.59. The molecule has 0 amide bonds. The van der Waals surface area contributed by atoms with E-state index in [1.54, 1.807) is 0 Å². The molecule has 0 saturated heterocycles. The van der Waals surface area contributed by atoms with E-state index in [9.17, 15) is 31.7 Å². The Morgan fingerprint density at radius 3 is 2.48 bits per heavy atom. The molecular weight excluding hydrogens is 413 g/mol. The molecule has 3 rings (SSSR count). The third-order valence-corrected chi connectivity index (χ3v) is 5.53. The average Bonchev–Trinajstić information content (AvgIpc) is 3.14. The molecule has 0 aliphatic rings. The second-order valence-electron chi connectivity index (χ2n) is 5.97. The Morgan fingerprint density at radius 1 is 1.17 bits per heavy atom. The van der Waals surface area contributed by atoms with Crippen molar-refractivity contribution in [1.29, 1.82) is 0 Å². The van der Waals surface area contributed by atoms with E-state index in [1.165, 1.54) is 42.2 Å². The van der Waals surface area contributed by atoms with Crippen LogP contribution in [0.2, 0.25) is 0 Å². The number of aromatic nitrogens is 2. The van der Waals surface area contributed by atoms with Gasteiger partial charge in [0.05, 0.1) is 21.9 Å². The molecule has 3 aromatic rings. The van der Waals surface area contributed by atoms with E-state index in [-0.39, 0.29) is 11.3 Å². The van der Waals surface area contributed by atoms with E-state index in [0.717, 1.165) is 18.2 Å². The van der Waals surface area contributed by atoms with Crippen molar-refractivity contribution < 1.29 is 26.5 Å². The molecule has 0 bridgehead atoms. The number of nitrogens with one attached hydrogen (secondary N) is 1. The van der Waals surface area contributed by atoms with Crippen LogP contribution in [0.1, 0.15) is 11.1 Å². The van der Waals surface area contributed by atoms with Crippen LogP contribution in [0, 0.1) is 17.0 Å². The van der Waals surface area contributed by atoms with Crippen molar-refractivity contribution in [2.75, 3.05) is 4.72 Å². The lowest BCUT2D eigenvalue weighted by Crippen LogP contribution is -2.18. The topological polar surface area (TPSA) is 107 Å². The highest BCUT2D eigenvalue weighted by molar-refractivity contribution is 7.93. The summed E-state index contributed by atoms with van der Waals surface area (Å²) < 4.78 is 68.5. The molecule has 152 valence electrons. The molecule has 0 unspecified atom stereocenters. The van der Waals surface area contributed by atoms with Gasteiger partial charge in [0.15, 0.2) is 4.90 Å². The van der Waals surface area contributed by atoms with Crippen molar-refractivity contribution in [2.45, 2.75) is 18.0 Å². The third kappa shape index (κ3) is 4.06. The minimum absolute atomic E-state index is 0.0165. The molecule has 1 aromatic heterocycles. The van der Waals surface area contributed by atoms with Crippen LogP contribution in [-0.4, -0.2) is 23.1 Å². The van der Waals surface area contributed by atoms with Gasteiger partial charge in [-0.3, -0.25) is 14.8 Å². The Bertz CT molecular complexity index is 1180. The fourth-order valence-electron chi connectivity index (χ4n) is 2.73. The Hall–Kier alpha value is -3.41. The molecule has 0 aliphatic heterocycles. The van der Waals surface area contributed by atoms with Gasteiger partial charge in [0.25, 0.3) is 15.7 Å². The van der Waals surface area contributed by atoms with Crippen molar-refractivity contribution >= 4 is 21.4 Å². The Morgan fingerprint density at radius 2 is 1.90 bits per heavy atom. The summed E-state index contributed by atoms with van der Waals surface area (Å²) in [6.07, 6.45) is -1.95.